The Labute approximate surface area is 118 Å². The van der Waals surface area contributed by atoms with E-state index in [0.29, 0.717) is 5.02 Å². The summed E-state index contributed by atoms with van der Waals surface area (Å²) in [6.07, 6.45) is 3.28. The molecular formula is C13H18ClN3O2. The van der Waals surface area contributed by atoms with E-state index in [1.807, 2.05) is 12.1 Å². The van der Waals surface area contributed by atoms with Crippen molar-refractivity contribution in [2.45, 2.75) is 12.8 Å². The summed E-state index contributed by atoms with van der Waals surface area (Å²) in [5.74, 6) is 0.995. The van der Waals surface area contributed by atoms with Gasteiger partial charge in [0.15, 0.2) is 0 Å². The molecule has 0 unspecified atom stereocenters. The lowest BCUT2D eigenvalue weighted by molar-refractivity contribution is -0.174. The highest BCUT2D eigenvalue weighted by Crippen LogP contribution is 2.23. The molecule has 2 heterocycles. The van der Waals surface area contributed by atoms with Gasteiger partial charge in [-0.1, -0.05) is 11.6 Å². The Morgan fingerprint density at radius 1 is 1.47 bits per heavy atom. The van der Waals surface area contributed by atoms with Gasteiger partial charge in [0.05, 0.1) is 12.1 Å². The van der Waals surface area contributed by atoms with E-state index in [1.165, 1.54) is 12.2 Å². The van der Waals surface area contributed by atoms with E-state index in [0.717, 1.165) is 31.7 Å². The van der Waals surface area contributed by atoms with Crippen molar-refractivity contribution in [2.75, 3.05) is 32.1 Å². The number of carbonyl (C=O) groups is 1. The molecule has 19 heavy (non-hydrogen) atoms. The number of pyridine rings is 1. The Hall–Kier alpha value is -1.33. The minimum atomic E-state index is 0.0356. The van der Waals surface area contributed by atoms with Gasteiger partial charge >= 0.3 is 0 Å². The molecule has 104 valence electrons. The second-order valence-corrected chi connectivity index (χ2v) is 5.05. The van der Waals surface area contributed by atoms with E-state index in [2.05, 4.69) is 9.88 Å². The highest BCUT2D eigenvalue weighted by atomic mass is 35.5. The predicted octanol–water partition coefficient (Wildman–Crippen LogP) is 1.97. The number of hydrogen-bond acceptors (Lipinski definition) is 4. The fourth-order valence-corrected chi connectivity index (χ4v) is 2.37. The van der Waals surface area contributed by atoms with Crippen LogP contribution in [0, 0.1) is 5.92 Å². The van der Waals surface area contributed by atoms with Crippen LogP contribution in [-0.2, 0) is 9.63 Å². The zero-order chi connectivity index (χ0) is 13.8. The van der Waals surface area contributed by atoms with E-state index in [4.69, 9.17) is 16.4 Å². The maximum absolute atomic E-state index is 12.0. The monoisotopic (exact) mass is 283 g/mol. The molecule has 1 aliphatic rings. The molecule has 0 N–H and O–H groups in total. The SMILES string of the molecule is CON(C)C(=O)C1CCN(c2ccc(Cl)cn2)CC1. The summed E-state index contributed by atoms with van der Waals surface area (Å²) in [7, 11) is 3.15. The lowest BCUT2D eigenvalue weighted by Crippen LogP contribution is -2.41. The van der Waals surface area contributed by atoms with Crippen LogP contribution in [0.15, 0.2) is 18.3 Å². The number of anilines is 1. The molecule has 0 spiro atoms. The number of piperidine rings is 1. The summed E-state index contributed by atoms with van der Waals surface area (Å²) in [5.41, 5.74) is 0. The fraction of sp³-hybridized carbons (Fsp3) is 0.538. The van der Waals surface area contributed by atoms with E-state index < -0.39 is 0 Å². The Kier molecular flexibility index (Phi) is 4.61. The Bertz CT molecular complexity index is 430. The average molecular weight is 284 g/mol. The summed E-state index contributed by atoms with van der Waals surface area (Å²) in [6.45, 7) is 1.64. The van der Waals surface area contributed by atoms with Crippen LogP contribution < -0.4 is 4.90 Å². The molecule has 0 bridgehead atoms. The van der Waals surface area contributed by atoms with Gasteiger partial charge in [-0.15, -0.1) is 0 Å². The highest BCUT2D eigenvalue weighted by Gasteiger charge is 2.27. The lowest BCUT2D eigenvalue weighted by Gasteiger charge is -2.33. The van der Waals surface area contributed by atoms with Gasteiger partial charge in [-0.2, -0.15) is 0 Å². The molecule has 0 aromatic carbocycles. The van der Waals surface area contributed by atoms with Crippen LogP contribution >= 0.6 is 11.6 Å². The second-order valence-electron chi connectivity index (χ2n) is 4.61. The van der Waals surface area contributed by atoms with Crippen molar-refractivity contribution in [3.05, 3.63) is 23.4 Å². The van der Waals surface area contributed by atoms with Crippen molar-refractivity contribution in [1.29, 1.82) is 0 Å². The first-order chi connectivity index (χ1) is 9.11. The molecule has 1 aromatic rings. The second kappa shape index (κ2) is 6.21. The van der Waals surface area contributed by atoms with E-state index >= 15 is 0 Å². The quantitative estimate of drug-likeness (QED) is 0.796. The molecule has 0 atom stereocenters. The van der Waals surface area contributed by atoms with Crippen molar-refractivity contribution in [3.8, 4) is 0 Å². The largest absolute Gasteiger partial charge is 0.357 e. The van der Waals surface area contributed by atoms with Gasteiger partial charge in [0, 0.05) is 32.3 Å². The van der Waals surface area contributed by atoms with E-state index in [-0.39, 0.29) is 11.8 Å². The molecule has 0 saturated carbocycles. The molecule has 1 fully saturated rings. The Morgan fingerprint density at radius 2 is 2.16 bits per heavy atom. The minimum absolute atomic E-state index is 0.0356. The van der Waals surface area contributed by atoms with Crippen molar-refractivity contribution in [1.82, 2.24) is 10.0 Å². The van der Waals surface area contributed by atoms with E-state index in [9.17, 15) is 4.79 Å². The maximum atomic E-state index is 12.0. The number of amides is 1. The van der Waals surface area contributed by atoms with Crippen molar-refractivity contribution < 1.29 is 9.63 Å². The average Bonchev–Trinajstić information content (AvgIpc) is 2.46. The first-order valence-corrected chi connectivity index (χ1v) is 6.68. The predicted molar refractivity (Wildman–Crippen MR) is 74.0 cm³/mol. The number of halogens is 1. The fourth-order valence-electron chi connectivity index (χ4n) is 2.26. The first kappa shape index (κ1) is 14.1. The summed E-state index contributed by atoms with van der Waals surface area (Å²) < 4.78 is 0. The van der Waals surface area contributed by atoms with Crippen molar-refractivity contribution >= 4 is 23.3 Å². The topological polar surface area (TPSA) is 45.7 Å². The molecule has 1 amide bonds. The van der Waals surface area contributed by atoms with Crippen LogP contribution in [0.25, 0.3) is 0 Å². The van der Waals surface area contributed by atoms with Gasteiger partial charge in [0.25, 0.3) is 0 Å². The smallest absolute Gasteiger partial charge is 0.249 e. The van der Waals surface area contributed by atoms with Gasteiger partial charge in [-0.05, 0) is 25.0 Å². The van der Waals surface area contributed by atoms with Crippen LogP contribution in [0.4, 0.5) is 5.82 Å². The third-order valence-corrected chi connectivity index (χ3v) is 3.69. The number of carbonyl (C=O) groups excluding carboxylic acids is 1. The maximum Gasteiger partial charge on any atom is 0.249 e. The molecule has 1 aliphatic heterocycles. The molecule has 5 nitrogen and oxygen atoms in total. The van der Waals surface area contributed by atoms with Gasteiger partial charge < -0.3 is 4.90 Å². The zero-order valence-electron chi connectivity index (χ0n) is 11.2. The summed E-state index contributed by atoms with van der Waals surface area (Å²) >= 11 is 5.82. The third-order valence-electron chi connectivity index (χ3n) is 3.46. The van der Waals surface area contributed by atoms with Crippen molar-refractivity contribution in [3.63, 3.8) is 0 Å². The first-order valence-electron chi connectivity index (χ1n) is 6.30. The minimum Gasteiger partial charge on any atom is -0.357 e. The number of rotatable bonds is 3. The summed E-state index contributed by atoms with van der Waals surface area (Å²) in [4.78, 5) is 23.4. The molecule has 1 saturated heterocycles. The molecule has 0 radical (unpaired) electrons. The van der Waals surface area contributed by atoms with E-state index in [1.54, 1.807) is 13.2 Å². The summed E-state index contributed by atoms with van der Waals surface area (Å²) in [6, 6.07) is 3.74. The number of hydrogen-bond donors (Lipinski definition) is 0. The van der Waals surface area contributed by atoms with Crippen LogP contribution in [-0.4, -0.2) is 43.2 Å². The van der Waals surface area contributed by atoms with Crippen LogP contribution in [0.3, 0.4) is 0 Å². The third kappa shape index (κ3) is 3.36. The Balaban J connectivity index is 1.92. The zero-order valence-corrected chi connectivity index (χ0v) is 11.9. The molecule has 1 aromatic heterocycles. The molecular weight excluding hydrogens is 266 g/mol. The van der Waals surface area contributed by atoms with Crippen LogP contribution in [0.1, 0.15) is 12.8 Å². The van der Waals surface area contributed by atoms with Gasteiger partial charge in [-0.25, -0.2) is 10.0 Å². The number of nitrogens with zero attached hydrogens (tertiary/aromatic N) is 3. The van der Waals surface area contributed by atoms with Crippen molar-refractivity contribution in [2.24, 2.45) is 5.92 Å². The van der Waals surface area contributed by atoms with Crippen LogP contribution in [0.2, 0.25) is 5.02 Å². The normalized spacial score (nSPS) is 16.5. The molecule has 0 aliphatic carbocycles. The van der Waals surface area contributed by atoms with Gasteiger partial charge in [-0.3, -0.25) is 9.63 Å². The lowest BCUT2D eigenvalue weighted by atomic mass is 9.96. The number of aromatic nitrogens is 1. The number of hydroxylamine groups is 2. The molecule has 2 rings (SSSR count). The van der Waals surface area contributed by atoms with Gasteiger partial charge in [0.2, 0.25) is 5.91 Å². The molecule has 6 heteroatoms. The van der Waals surface area contributed by atoms with Crippen LogP contribution in [0.5, 0.6) is 0 Å². The highest BCUT2D eigenvalue weighted by molar-refractivity contribution is 6.30. The standard InChI is InChI=1S/C13H18ClN3O2/c1-16(19-2)13(18)10-5-7-17(8-6-10)12-4-3-11(14)9-15-12/h3-4,9-10H,5-8H2,1-2H3. The Morgan fingerprint density at radius 3 is 2.68 bits per heavy atom. The van der Waals surface area contributed by atoms with Gasteiger partial charge in [0.1, 0.15) is 5.82 Å². The summed E-state index contributed by atoms with van der Waals surface area (Å²) in [5, 5.41) is 1.94.